The van der Waals surface area contributed by atoms with E-state index in [0.717, 1.165) is 11.1 Å². The number of fused-ring (bicyclic) bond motifs is 1. The van der Waals surface area contributed by atoms with Crippen LogP contribution in [-0.4, -0.2) is 36.6 Å². The molecule has 3 unspecified atom stereocenters. The molecule has 3 atom stereocenters. The first-order chi connectivity index (χ1) is 17.0. The van der Waals surface area contributed by atoms with Crippen LogP contribution < -0.4 is 14.4 Å². The van der Waals surface area contributed by atoms with Gasteiger partial charge in [-0.25, -0.2) is 4.90 Å². The van der Waals surface area contributed by atoms with Crippen LogP contribution in [-0.2, 0) is 21.0 Å². The lowest BCUT2D eigenvalue weighted by molar-refractivity contribution is -0.160. The number of hydroxylamine groups is 2. The van der Waals surface area contributed by atoms with E-state index in [1.807, 2.05) is 55.5 Å². The first-order valence-electron chi connectivity index (χ1n) is 11.4. The molecule has 3 aromatic rings. The number of benzene rings is 3. The van der Waals surface area contributed by atoms with Gasteiger partial charge in [-0.15, -0.1) is 0 Å². The average Bonchev–Trinajstić information content (AvgIpc) is 3.32. The van der Waals surface area contributed by atoms with E-state index in [1.54, 1.807) is 36.4 Å². The van der Waals surface area contributed by atoms with E-state index in [9.17, 15) is 9.59 Å². The van der Waals surface area contributed by atoms with Crippen molar-refractivity contribution in [2.24, 2.45) is 5.92 Å². The first kappa shape index (κ1) is 23.4. The van der Waals surface area contributed by atoms with Crippen LogP contribution in [0.3, 0.4) is 0 Å². The highest BCUT2D eigenvalue weighted by Gasteiger charge is 2.59. The highest BCUT2D eigenvalue weighted by atomic mass is 35.5. The molecule has 2 amide bonds. The van der Waals surface area contributed by atoms with Gasteiger partial charge in [-0.05, 0) is 48.4 Å². The van der Waals surface area contributed by atoms with E-state index in [1.165, 1.54) is 4.90 Å². The minimum atomic E-state index is -0.902. The van der Waals surface area contributed by atoms with Crippen molar-refractivity contribution < 1.29 is 23.9 Å². The quantitative estimate of drug-likeness (QED) is 0.442. The van der Waals surface area contributed by atoms with E-state index >= 15 is 0 Å². The highest BCUT2D eigenvalue weighted by Crippen LogP contribution is 2.46. The van der Waals surface area contributed by atoms with Crippen molar-refractivity contribution in [2.75, 3.05) is 18.6 Å². The zero-order valence-corrected chi connectivity index (χ0v) is 20.1. The third kappa shape index (κ3) is 4.38. The van der Waals surface area contributed by atoms with Gasteiger partial charge in [0.2, 0.25) is 5.91 Å². The molecule has 0 aromatic heterocycles. The number of nitrogens with zero attached hydrogens (tertiary/aromatic N) is 2. The average molecular weight is 493 g/mol. The molecule has 7 nitrogen and oxygen atoms in total. The summed E-state index contributed by atoms with van der Waals surface area (Å²) in [7, 11) is 1.73. The van der Waals surface area contributed by atoms with Crippen LogP contribution >= 0.6 is 11.6 Å². The Morgan fingerprint density at radius 1 is 0.914 bits per heavy atom. The van der Waals surface area contributed by atoms with Crippen LogP contribution in [0.2, 0.25) is 5.02 Å². The number of halogens is 1. The van der Waals surface area contributed by atoms with Crippen molar-refractivity contribution in [3.8, 4) is 11.5 Å². The number of anilines is 1. The number of ether oxygens (including phenoxy) is 2. The maximum Gasteiger partial charge on any atom is 0.265 e. The highest BCUT2D eigenvalue weighted by molar-refractivity contribution is 6.31. The minimum Gasteiger partial charge on any atom is -0.490 e. The fourth-order valence-electron chi connectivity index (χ4n) is 4.67. The molecule has 2 aliphatic heterocycles. The van der Waals surface area contributed by atoms with Gasteiger partial charge in [-0.2, -0.15) is 5.06 Å². The lowest BCUT2D eigenvalue weighted by Gasteiger charge is -2.25. The molecule has 0 N–H and O–H groups in total. The second-order valence-corrected chi connectivity index (χ2v) is 8.88. The third-order valence-electron chi connectivity index (χ3n) is 6.22. The molecule has 2 saturated heterocycles. The number of carbonyl (C=O) groups is 2. The van der Waals surface area contributed by atoms with Crippen molar-refractivity contribution in [2.45, 2.75) is 25.7 Å². The summed E-state index contributed by atoms with van der Waals surface area (Å²) in [6.45, 7) is 2.75. The molecular weight excluding hydrogens is 468 g/mol. The van der Waals surface area contributed by atoms with Gasteiger partial charge in [0.15, 0.2) is 17.6 Å². The minimum absolute atomic E-state index is 0.320. The van der Waals surface area contributed by atoms with Crippen LogP contribution in [0.1, 0.15) is 24.1 Å². The van der Waals surface area contributed by atoms with Gasteiger partial charge in [0.1, 0.15) is 6.61 Å². The van der Waals surface area contributed by atoms with Crippen molar-refractivity contribution in [1.29, 1.82) is 0 Å². The Balaban J connectivity index is 1.43. The van der Waals surface area contributed by atoms with Gasteiger partial charge in [0.05, 0.1) is 24.3 Å². The predicted molar refractivity (Wildman–Crippen MR) is 131 cm³/mol. The van der Waals surface area contributed by atoms with Crippen LogP contribution in [0.5, 0.6) is 11.5 Å². The topological polar surface area (TPSA) is 68.3 Å². The van der Waals surface area contributed by atoms with Crippen molar-refractivity contribution in [1.82, 2.24) is 5.06 Å². The summed E-state index contributed by atoms with van der Waals surface area (Å²) in [6.07, 6.45) is -0.902. The summed E-state index contributed by atoms with van der Waals surface area (Å²) in [4.78, 5) is 33.7. The molecule has 0 aliphatic carbocycles. The van der Waals surface area contributed by atoms with Gasteiger partial charge >= 0.3 is 0 Å². The normalized spacial score (nSPS) is 21.9. The largest absolute Gasteiger partial charge is 0.490 e. The molecule has 0 radical (unpaired) electrons. The molecule has 0 spiro atoms. The second-order valence-electron chi connectivity index (χ2n) is 8.45. The van der Waals surface area contributed by atoms with E-state index in [2.05, 4.69) is 0 Å². The third-order valence-corrected chi connectivity index (χ3v) is 6.46. The van der Waals surface area contributed by atoms with Gasteiger partial charge in [0.25, 0.3) is 5.91 Å². The van der Waals surface area contributed by atoms with E-state index in [4.69, 9.17) is 25.9 Å². The molecule has 2 fully saturated rings. The summed E-state index contributed by atoms with van der Waals surface area (Å²) in [5, 5.41) is 2.03. The monoisotopic (exact) mass is 492 g/mol. The molecule has 3 aromatic carbocycles. The van der Waals surface area contributed by atoms with E-state index in [0.29, 0.717) is 35.4 Å². The maximum absolute atomic E-state index is 13.5. The number of carbonyl (C=O) groups excluding carboxylic acids is 2. The lowest BCUT2D eigenvalue weighted by atomic mass is 9.91. The maximum atomic E-state index is 13.5. The smallest absolute Gasteiger partial charge is 0.265 e. The van der Waals surface area contributed by atoms with Crippen LogP contribution in [0.25, 0.3) is 0 Å². The number of amides is 2. The molecule has 180 valence electrons. The summed E-state index contributed by atoms with van der Waals surface area (Å²) >= 11 is 6.10. The Morgan fingerprint density at radius 2 is 1.71 bits per heavy atom. The fraction of sp³-hybridized carbons (Fsp3) is 0.259. The summed E-state index contributed by atoms with van der Waals surface area (Å²) in [5.41, 5.74) is 2.28. The molecule has 2 heterocycles. The summed E-state index contributed by atoms with van der Waals surface area (Å²) in [5.74, 6) is -0.242. The molecule has 0 saturated carbocycles. The van der Waals surface area contributed by atoms with Crippen LogP contribution in [0, 0.1) is 5.92 Å². The Labute approximate surface area is 208 Å². The molecule has 0 bridgehead atoms. The van der Waals surface area contributed by atoms with Crippen molar-refractivity contribution >= 4 is 29.1 Å². The second kappa shape index (κ2) is 9.70. The van der Waals surface area contributed by atoms with Gasteiger partial charge in [-0.1, -0.05) is 54.1 Å². The molecule has 8 heteroatoms. The Morgan fingerprint density at radius 3 is 2.46 bits per heavy atom. The Hall–Kier alpha value is -3.39. The van der Waals surface area contributed by atoms with Crippen molar-refractivity contribution in [3.63, 3.8) is 0 Å². The molecular formula is C27H25ClN2O5. The fourth-order valence-corrected chi connectivity index (χ4v) is 4.85. The SMILES string of the molecule is CCOc1cc(C2C3C(=O)N(c4cccc(Cl)c4)C(=O)C3ON2C)ccc1OCc1ccccc1. The lowest BCUT2D eigenvalue weighted by Crippen LogP contribution is -2.36. The zero-order chi connectivity index (χ0) is 24.5. The van der Waals surface area contributed by atoms with E-state index < -0.39 is 24.0 Å². The first-order valence-corrected chi connectivity index (χ1v) is 11.8. The van der Waals surface area contributed by atoms with Crippen LogP contribution in [0.15, 0.2) is 72.8 Å². The molecule has 2 aliphatic rings. The number of rotatable bonds is 7. The van der Waals surface area contributed by atoms with E-state index in [-0.39, 0.29) is 5.91 Å². The predicted octanol–water partition coefficient (Wildman–Crippen LogP) is 4.79. The van der Waals surface area contributed by atoms with Gasteiger partial charge in [-0.3, -0.25) is 14.4 Å². The van der Waals surface area contributed by atoms with Crippen molar-refractivity contribution in [3.05, 3.63) is 88.9 Å². The number of hydrogen-bond donors (Lipinski definition) is 0. The standard InChI is InChI=1S/C27H25ClN2O5/c1-3-33-22-14-18(12-13-21(22)34-16-17-8-5-4-6-9-17)24-23-25(35-29(24)2)27(32)30(26(23)31)20-11-7-10-19(28)15-20/h4-15,23-25H,3,16H2,1-2H3. The Bertz CT molecular complexity index is 1250. The molecule has 35 heavy (non-hydrogen) atoms. The van der Waals surface area contributed by atoms with Crippen LogP contribution in [0.4, 0.5) is 5.69 Å². The zero-order valence-electron chi connectivity index (χ0n) is 19.4. The molecule has 5 rings (SSSR count). The number of hydrogen-bond acceptors (Lipinski definition) is 6. The Kier molecular flexibility index (Phi) is 6.47. The summed E-state index contributed by atoms with van der Waals surface area (Å²) < 4.78 is 11.9. The number of imide groups is 1. The van der Waals surface area contributed by atoms with Gasteiger partial charge in [0, 0.05) is 12.1 Å². The van der Waals surface area contributed by atoms with Gasteiger partial charge < -0.3 is 9.47 Å². The summed E-state index contributed by atoms with van der Waals surface area (Å²) in [6, 6.07) is 21.7.